The molecule has 1 aromatic rings. The van der Waals surface area contributed by atoms with Crippen LogP contribution in [0.4, 0.5) is 0 Å². The summed E-state index contributed by atoms with van der Waals surface area (Å²) in [5.74, 6) is 0.101. The average Bonchev–Trinajstić information content (AvgIpc) is 2.35. The first-order valence-electron chi connectivity index (χ1n) is 6.56. The minimum absolute atomic E-state index is 0.0811. The maximum atomic E-state index is 10.1. The Kier molecular flexibility index (Phi) is 5.66. The first-order chi connectivity index (χ1) is 8.06. The minimum Gasteiger partial charge on any atom is -0.393 e. The van der Waals surface area contributed by atoms with E-state index in [1.165, 1.54) is 5.56 Å². The van der Waals surface area contributed by atoms with Gasteiger partial charge in [-0.3, -0.25) is 0 Å². The number of unbranched alkanes of at least 4 members (excludes halogenated alkanes) is 1. The molecule has 0 saturated heterocycles. The molecule has 3 N–H and O–H groups in total. The molecule has 0 unspecified atom stereocenters. The van der Waals surface area contributed by atoms with E-state index in [4.69, 9.17) is 5.73 Å². The van der Waals surface area contributed by atoms with Crippen LogP contribution in [0.2, 0.25) is 0 Å². The summed E-state index contributed by atoms with van der Waals surface area (Å²) in [6.07, 6.45) is 2.72. The molecule has 2 nitrogen and oxygen atoms in total. The first kappa shape index (κ1) is 14.2. The zero-order chi connectivity index (χ0) is 12.8. The topological polar surface area (TPSA) is 46.2 Å². The van der Waals surface area contributed by atoms with E-state index < -0.39 is 0 Å². The van der Waals surface area contributed by atoms with E-state index in [0.29, 0.717) is 0 Å². The van der Waals surface area contributed by atoms with Gasteiger partial charge in [0.2, 0.25) is 0 Å². The monoisotopic (exact) mass is 235 g/mol. The fraction of sp³-hybridized carbons (Fsp3) is 0.600. The van der Waals surface area contributed by atoms with Gasteiger partial charge in [-0.25, -0.2) is 0 Å². The lowest BCUT2D eigenvalue weighted by Gasteiger charge is -2.25. The van der Waals surface area contributed by atoms with Crippen LogP contribution in [0.25, 0.3) is 0 Å². The molecule has 0 aliphatic heterocycles. The van der Waals surface area contributed by atoms with Gasteiger partial charge >= 0.3 is 0 Å². The Bertz CT molecular complexity index is 320. The highest BCUT2D eigenvalue weighted by atomic mass is 16.3. The van der Waals surface area contributed by atoms with Gasteiger partial charge in [0.05, 0.1) is 6.10 Å². The van der Waals surface area contributed by atoms with Crippen LogP contribution >= 0.6 is 0 Å². The zero-order valence-corrected chi connectivity index (χ0v) is 11.2. The summed E-state index contributed by atoms with van der Waals surface area (Å²) in [5, 5.41) is 10.1. The maximum Gasteiger partial charge on any atom is 0.0583 e. The van der Waals surface area contributed by atoms with E-state index >= 15 is 0 Å². The van der Waals surface area contributed by atoms with Crippen molar-refractivity contribution in [2.24, 2.45) is 11.7 Å². The van der Waals surface area contributed by atoms with Crippen LogP contribution in [0.1, 0.15) is 50.3 Å². The summed E-state index contributed by atoms with van der Waals surface area (Å²) in [6, 6.07) is 8.18. The Labute approximate surface area is 105 Å². The number of aliphatic hydroxyl groups is 1. The number of nitrogens with two attached hydrogens (primary N) is 1. The van der Waals surface area contributed by atoms with Crippen molar-refractivity contribution in [1.82, 2.24) is 0 Å². The van der Waals surface area contributed by atoms with E-state index in [1.807, 2.05) is 6.92 Å². The average molecular weight is 235 g/mol. The number of hydrogen-bond acceptors (Lipinski definition) is 2. The van der Waals surface area contributed by atoms with E-state index in [9.17, 15) is 5.11 Å². The predicted octanol–water partition coefficient (Wildman–Crippen LogP) is 3.18. The molecule has 0 radical (unpaired) electrons. The summed E-state index contributed by atoms with van der Waals surface area (Å²) in [5.41, 5.74) is 8.55. The van der Waals surface area contributed by atoms with Crippen LogP contribution in [0.15, 0.2) is 24.3 Å². The lowest BCUT2D eigenvalue weighted by atomic mass is 9.88. The zero-order valence-electron chi connectivity index (χ0n) is 11.2. The highest BCUT2D eigenvalue weighted by Gasteiger charge is 2.21. The molecular weight excluding hydrogens is 210 g/mol. The second kappa shape index (κ2) is 6.77. The number of rotatable bonds is 6. The third kappa shape index (κ3) is 4.14. The van der Waals surface area contributed by atoms with Crippen molar-refractivity contribution in [3.63, 3.8) is 0 Å². The molecule has 0 aliphatic carbocycles. The van der Waals surface area contributed by atoms with Crippen molar-refractivity contribution in [2.75, 3.05) is 0 Å². The van der Waals surface area contributed by atoms with E-state index in [1.54, 1.807) is 0 Å². The second-order valence-electron chi connectivity index (χ2n) is 5.01. The quantitative estimate of drug-likeness (QED) is 0.795. The van der Waals surface area contributed by atoms with Gasteiger partial charge in [0.1, 0.15) is 0 Å². The Balaban J connectivity index is 2.62. The SMILES string of the molecule is CCCC[C@H](O)[C@@H](C)[C@@H](N)c1ccc(C)cc1. The molecule has 0 aliphatic rings. The third-order valence-corrected chi connectivity index (χ3v) is 3.49. The van der Waals surface area contributed by atoms with E-state index in [0.717, 1.165) is 24.8 Å². The Hall–Kier alpha value is -0.860. The van der Waals surface area contributed by atoms with Crippen LogP contribution in [-0.4, -0.2) is 11.2 Å². The molecule has 0 amide bonds. The molecular formula is C15H25NO. The van der Waals surface area contributed by atoms with Crippen LogP contribution in [0, 0.1) is 12.8 Å². The van der Waals surface area contributed by atoms with Crippen molar-refractivity contribution in [2.45, 2.75) is 52.2 Å². The van der Waals surface area contributed by atoms with Gasteiger partial charge in [0.15, 0.2) is 0 Å². The van der Waals surface area contributed by atoms with Crippen LogP contribution < -0.4 is 5.73 Å². The summed E-state index contributed by atoms with van der Waals surface area (Å²) in [7, 11) is 0. The largest absolute Gasteiger partial charge is 0.393 e. The normalized spacial score (nSPS) is 16.5. The third-order valence-electron chi connectivity index (χ3n) is 3.49. The van der Waals surface area contributed by atoms with Crippen LogP contribution in [0.3, 0.4) is 0 Å². The summed E-state index contributed by atoms with van der Waals surface area (Å²) < 4.78 is 0. The standard InChI is InChI=1S/C15H25NO/c1-4-5-6-14(17)12(3)15(16)13-9-7-11(2)8-10-13/h7-10,12,14-15,17H,4-6,16H2,1-3H3/t12-,14+,15-/m1/s1. The molecule has 0 spiro atoms. The van der Waals surface area contributed by atoms with Crippen LogP contribution in [-0.2, 0) is 0 Å². The van der Waals surface area contributed by atoms with Crippen LogP contribution in [0.5, 0.6) is 0 Å². The van der Waals surface area contributed by atoms with Gasteiger partial charge in [0, 0.05) is 12.0 Å². The lowest BCUT2D eigenvalue weighted by molar-refractivity contribution is 0.0915. The Morgan fingerprint density at radius 1 is 1.24 bits per heavy atom. The fourth-order valence-electron chi connectivity index (χ4n) is 2.01. The van der Waals surface area contributed by atoms with Crippen molar-refractivity contribution in [1.29, 1.82) is 0 Å². The molecule has 0 heterocycles. The smallest absolute Gasteiger partial charge is 0.0583 e. The molecule has 3 atom stereocenters. The minimum atomic E-state index is -0.300. The van der Waals surface area contributed by atoms with E-state index in [2.05, 4.69) is 38.1 Å². The molecule has 0 fully saturated rings. The lowest BCUT2D eigenvalue weighted by Crippen LogP contribution is -2.29. The fourth-order valence-corrected chi connectivity index (χ4v) is 2.01. The van der Waals surface area contributed by atoms with Gasteiger partial charge in [-0.05, 0) is 18.9 Å². The molecule has 1 aromatic carbocycles. The van der Waals surface area contributed by atoms with E-state index in [-0.39, 0.29) is 18.1 Å². The summed E-state index contributed by atoms with van der Waals surface area (Å²) in [4.78, 5) is 0. The Morgan fingerprint density at radius 2 is 1.82 bits per heavy atom. The van der Waals surface area contributed by atoms with Gasteiger partial charge in [0.25, 0.3) is 0 Å². The van der Waals surface area contributed by atoms with Crippen molar-refractivity contribution < 1.29 is 5.11 Å². The molecule has 2 heteroatoms. The van der Waals surface area contributed by atoms with Gasteiger partial charge in [-0.2, -0.15) is 0 Å². The highest BCUT2D eigenvalue weighted by Crippen LogP contribution is 2.24. The van der Waals surface area contributed by atoms with Gasteiger partial charge < -0.3 is 10.8 Å². The summed E-state index contributed by atoms with van der Waals surface area (Å²) in [6.45, 7) is 6.23. The molecule has 0 saturated carbocycles. The number of benzene rings is 1. The molecule has 0 bridgehead atoms. The molecule has 0 aromatic heterocycles. The first-order valence-corrected chi connectivity index (χ1v) is 6.56. The molecule has 96 valence electrons. The predicted molar refractivity (Wildman–Crippen MR) is 72.8 cm³/mol. The number of aliphatic hydroxyl groups excluding tert-OH is 1. The summed E-state index contributed by atoms with van der Waals surface area (Å²) >= 11 is 0. The molecule has 1 rings (SSSR count). The maximum absolute atomic E-state index is 10.1. The van der Waals surface area contributed by atoms with Gasteiger partial charge in [-0.15, -0.1) is 0 Å². The number of aryl methyl sites for hydroxylation is 1. The number of hydrogen-bond donors (Lipinski definition) is 2. The molecule has 17 heavy (non-hydrogen) atoms. The van der Waals surface area contributed by atoms with Crippen molar-refractivity contribution in [3.8, 4) is 0 Å². The van der Waals surface area contributed by atoms with Gasteiger partial charge in [-0.1, -0.05) is 56.5 Å². The van der Waals surface area contributed by atoms with Crippen molar-refractivity contribution >= 4 is 0 Å². The highest BCUT2D eigenvalue weighted by molar-refractivity contribution is 5.24. The second-order valence-corrected chi connectivity index (χ2v) is 5.01. The van der Waals surface area contributed by atoms with Crippen molar-refractivity contribution in [3.05, 3.63) is 35.4 Å². The Morgan fingerprint density at radius 3 is 2.35 bits per heavy atom.